The van der Waals surface area contributed by atoms with E-state index in [9.17, 15) is 18.0 Å². The first-order chi connectivity index (χ1) is 15.8. The molecule has 0 amide bonds. The molecular formula is C25H26ClF3N2O3. The Morgan fingerprint density at radius 3 is 2.47 bits per heavy atom. The summed E-state index contributed by atoms with van der Waals surface area (Å²) < 4.78 is 51.0. The van der Waals surface area contributed by atoms with Gasteiger partial charge in [0.05, 0.1) is 30.7 Å². The van der Waals surface area contributed by atoms with Crippen LogP contribution in [0.1, 0.15) is 25.3 Å². The van der Waals surface area contributed by atoms with Gasteiger partial charge in [0, 0.05) is 18.5 Å². The van der Waals surface area contributed by atoms with Crippen LogP contribution in [0.5, 0.6) is 5.75 Å². The minimum absolute atomic E-state index is 0. The number of piperidine rings is 1. The van der Waals surface area contributed by atoms with Crippen molar-refractivity contribution in [1.82, 2.24) is 4.98 Å². The Morgan fingerprint density at radius 1 is 1.09 bits per heavy atom. The lowest BCUT2D eigenvalue weighted by Crippen LogP contribution is -2.37. The number of aromatic nitrogens is 1. The van der Waals surface area contributed by atoms with E-state index in [1.807, 2.05) is 12.1 Å². The Labute approximate surface area is 202 Å². The molecule has 1 saturated heterocycles. The molecule has 1 fully saturated rings. The Morgan fingerprint density at radius 2 is 1.82 bits per heavy atom. The molecule has 0 atom stereocenters. The second kappa shape index (κ2) is 10.5. The van der Waals surface area contributed by atoms with E-state index in [2.05, 4.69) is 4.90 Å². The predicted octanol–water partition coefficient (Wildman–Crippen LogP) is 6.13. The first kappa shape index (κ1) is 25.6. The summed E-state index contributed by atoms with van der Waals surface area (Å²) in [5, 5.41) is 0.751. The van der Waals surface area contributed by atoms with E-state index in [0.717, 1.165) is 17.3 Å². The highest BCUT2D eigenvalue weighted by Crippen LogP contribution is 2.40. The molecule has 1 aliphatic rings. The largest absolute Gasteiger partial charge is 0.497 e. The molecule has 1 aliphatic heterocycles. The fourth-order valence-electron chi connectivity index (χ4n) is 4.20. The minimum Gasteiger partial charge on any atom is -0.497 e. The Hall–Kier alpha value is -3.00. The van der Waals surface area contributed by atoms with Crippen LogP contribution in [0.25, 0.3) is 22.0 Å². The van der Waals surface area contributed by atoms with E-state index >= 15 is 0 Å². The molecule has 0 radical (unpaired) electrons. The van der Waals surface area contributed by atoms with Crippen molar-refractivity contribution >= 4 is 35.1 Å². The third kappa shape index (κ3) is 5.38. The summed E-state index contributed by atoms with van der Waals surface area (Å²) in [5.74, 6) is 0.715. The van der Waals surface area contributed by atoms with Gasteiger partial charge in [0.2, 0.25) is 0 Å². The number of carbonyl (C=O) groups excluding carboxylic acids is 1. The number of hydrogen-bond donors (Lipinski definition) is 0. The van der Waals surface area contributed by atoms with E-state index in [-0.39, 0.29) is 35.6 Å². The van der Waals surface area contributed by atoms with Gasteiger partial charge in [-0.2, -0.15) is 13.2 Å². The maximum atomic E-state index is 13.6. The number of nitrogens with zero attached hydrogens (tertiary/aromatic N) is 2. The molecule has 3 aromatic rings. The highest BCUT2D eigenvalue weighted by Gasteiger charge is 2.34. The van der Waals surface area contributed by atoms with Crippen LogP contribution in [-0.2, 0) is 15.7 Å². The van der Waals surface area contributed by atoms with Crippen molar-refractivity contribution in [3.63, 3.8) is 0 Å². The summed E-state index contributed by atoms with van der Waals surface area (Å²) in [6.07, 6.45) is -3.10. The maximum absolute atomic E-state index is 13.6. The zero-order chi connectivity index (χ0) is 23.6. The topological polar surface area (TPSA) is 51.7 Å². The quantitative estimate of drug-likeness (QED) is 0.399. The van der Waals surface area contributed by atoms with Gasteiger partial charge in [0.25, 0.3) is 0 Å². The summed E-state index contributed by atoms with van der Waals surface area (Å²) in [5.41, 5.74) is 0.513. The monoisotopic (exact) mass is 494 g/mol. The number of alkyl halides is 3. The lowest BCUT2D eigenvalue weighted by molar-refractivity contribution is -0.148. The fourth-order valence-corrected chi connectivity index (χ4v) is 4.20. The van der Waals surface area contributed by atoms with Gasteiger partial charge in [0.1, 0.15) is 11.6 Å². The van der Waals surface area contributed by atoms with E-state index in [4.69, 9.17) is 14.5 Å². The highest BCUT2D eigenvalue weighted by atomic mass is 35.5. The van der Waals surface area contributed by atoms with Crippen LogP contribution < -0.4 is 9.64 Å². The molecule has 2 heterocycles. The maximum Gasteiger partial charge on any atom is 0.417 e. The van der Waals surface area contributed by atoms with Crippen LogP contribution >= 0.6 is 12.4 Å². The molecule has 9 heteroatoms. The molecular weight excluding hydrogens is 469 g/mol. The van der Waals surface area contributed by atoms with Crippen molar-refractivity contribution in [3.8, 4) is 16.9 Å². The number of esters is 1. The van der Waals surface area contributed by atoms with Gasteiger partial charge in [-0.05, 0) is 67.3 Å². The Balaban J connectivity index is 0.00000324. The number of carbonyl (C=O) groups is 1. The molecule has 0 saturated carbocycles. The van der Waals surface area contributed by atoms with Crippen molar-refractivity contribution in [3.05, 3.63) is 54.1 Å². The van der Waals surface area contributed by atoms with Crippen LogP contribution in [0.4, 0.5) is 19.0 Å². The molecule has 2 aromatic carbocycles. The third-order valence-electron chi connectivity index (χ3n) is 5.96. The number of halogens is 4. The predicted molar refractivity (Wildman–Crippen MR) is 128 cm³/mol. The molecule has 0 aliphatic carbocycles. The average Bonchev–Trinajstić information content (AvgIpc) is 2.82. The van der Waals surface area contributed by atoms with Crippen molar-refractivity contribution < 1.29 is 27.4 Å². The van der Waals surface area contributed by atoms with Gasteiger partial charge in [-0.1, -0.05) is 12.1 Å². The molecule has 0 N–H and O–H groups in total. The molecule has 0 spiro atoms. The number of ether oxygens (including phenoxy) is 2. The van der Waals surface area contributed by atoms with Crippen molar-refractivity contribution in [2.45, 2.75) is 25.9 Å². The van der Waals surface area contributed by atoms with Crippen molar-refractivity contribution in [1.29, 1.82) is 0 Å². The van der Waals surface area contributed by atoms with E-state index in [0.29, 0.717) is 43.6 Å². The SMILES string of the molecule is CCOC(=O)C1CCN(c2ccc3cc(-c4ccc(OC)cc4C(F)(F)F)ccc3n2)CC1.Cl. The van der Waals surface area contributed by atoms with Crippen molar-refractivity contribution in [2.75, 3.05) is 31.7 Å². The van der Waals surface area contributed by atoms with Crippen LogP contribution in [-0.4, -0.2) is 37.8 Å². The Bertz CT molecular complexity index is 1160. The number of fused-ring (bicyclic) bond motifs is 1. The summed E-state index contributed by atoms with van der Waals surface area (Å²) in [4.78, 5) is 18.8. The van der Waals surface area contributed by atoms with Gasteiger partial charge < -0.3 is 14.4 Å². The van der Waals surface area contributed by atoms with Gasteiger partial charge in [-0.3, -0.25) is 4.79 Å². The van der Waals surface area contributed by atoms with Crippen molar-refractivity contribution in [2.24, 2.45) is 5.92 Å². The fraction of sp³-hybridized carbons (Fsp3) is 0.360. The summed E-state index contributed by atoms with van der Waals surface area (Å²) >= 11 is 0. The summed E-state index contributed by atoms with van der Waals surface area (Å²) in [7, 11) is 1.34. The molecule has 34 heavy (non-hydrogen) atoms. The molecule has 5 nitrogen and oxygen atoms in total. The highest BCUT2D eigenvalue weighted by molar-refractivity contribution is 5.86. The molecule has 0 unspecified atom stereocenters. The van der Waals surface area contributed by atoms with Gasteiger partial charge >= 0.3 is 12.1 Å². The standard InChI is InChI=1S/C25H25F3N2O3.ClH/c1-3-33-24(31)16-10-12-30(13-11-16)23-9-5-18-14-17(4-8-22(18)29-23)20-7-6-19(32-2)15-21(20)25(26,27)28;/h4-9,14-16H,3,10-13H2,1-2H3;1H. The third-order valence-corrected chi connectivity index (χ3v) is 5.96. The first-order valence-electron chi connectivity index (χ1n) is 10.9. The zero-order valence-corrected chi connectivity index (χ0v) is 19.7. The first-order valence-corrected chi connectivity index (χ1v) is 10.9. The minimum atomic E-state index is -4.50. The second-order valence-electron chi connectivity index (χ2n) is 8.00. The lowest BCUT2D eigenvalue weighted by atomic mass is 9.96. The number of methoxy groups -OCH3 is 1. The van der Waals surface area contributed by atoms with E-state index in [1.54, 1.807) is 25.1 Å². The van der Waals surface area contributed by atoms with Gasteiger partial charge in [0.15, 0.2) is 0 Å². The number of pyridine rings is 1. The van der Waals surface area contributed by atoms with Crippen LogP contribution in [0, 0.1) is 5.92 Å². The lowest BCUT2D eigenvalue weighted by Gasteiger charge is -2.31. The van der Waals surface area contributed by atoms with E-state index < -0.39 is 11.7 Å². The zero-order valence-electron chi connectivity index (χ0n) is 18.9. The summed E-state index contributed by atoms with van der Waals surface area (Å²) in [6, 6.07) is 12.8. The molecule has 182 valence electrons. The number of hydrogen-bond acceptors (Lipinski definition) is 5. The number of benzene rings is 2. The number of anilines is 1. The Kier molecular flexibility index (Phi) is 7.92. The van der Waals surface area contributed by atoms with Gasteiger partial charge in [-0.15, -0.1) is 12.4 Å². The van der Waals surface area contributed by atoms with Crippen LogP contribution in [0.15, 0.2) is 48.5 Å². The van der Waals surface area contributed by atoms with Crippen LogP contribution in [0.2, 0.25) is 0 Å². The molecule has 4 rings (SSSR count). The average molecular weight is 495 g/mol. The van der Waals surface area contributed by atoms with Gasteiger partial charge in [-0.25, -0.2) is 4.98 Å². The smallest absolute Gasteiger partial charge is 0.417 e. The molecule has 0 bridgehead atoms. The second-order valence-corrected chi connectivity index (χ2v) is 8.00. The van der Waals surface area contributed by atoms with Crippen LogP contribution in [0.3, 0.4) is 0 Å². The summed E-state index contributed by atoms with van der Waals surface area (Å²) in [6.45, 7) is 3.58. The normalized spacial score (nSPS) is 14.6. The molecule has 1 aromatic heterocycles. The van der Waals surface area contributed by atoms with E-state index in [1.165, 1.54) is 19.2 Å². The number of rotatable bonds is 5.